The van der Waals surface area contributed by atoms with Crippen molar-refractivity contribution >= 4 is 17.6 Å². The lowest BCUT2D eigenvalue weighted by atomic mass is 9.96. The van der Waals surface area contributed by atoms with E-state index < -0.39 is 12.1 Å². The molecule has 0 atom stereocenters. The molecule has 21 heavy (non-hydrogen) atoms. The highest BCUT2D eigenvalue weighted by molar-refractivity contribution is 5.52. The molecule has 1 aromatic heterocycles. The molecular weight excluding hydrogens is 283 g/mol. The lowest BCUT2D eigenvalue weighted by Crippen LogP contribution is -2.39. The molecule has 0 unspecified atom stereocenters. The lowest BCUT2D eigenvalue weighted by Gasteiger charge is -2.33. The van der Waals surface area contributed by atoms with Crippen LogP contribution in [0.3, 0.4) is 0 Å². The van der Waals surface area contributed by atoms with Gasteiger partial charge in [0.2, 0.25) is 5.95 Å². The van der Waals surface area contributed by atoms with Gasteiger partial charge in [0.1, 0.15) is 11.6 Å². The molecule has 1 saturated heterocycles. The van der Waals surface area contributed by atoms with Gasteiger partial charge < -0.3 is 16.0 Å². The zero-order valence-corrected chi connectivity index (χ0v) is 12.0. The number of nitrogens with one attached hydrogen (secondary N) is 1. The molecule has 0 bridgehead atoms. The third kappa shape index (κ3) is 4.12. The number of nitrogens with two attached hydrogens (primary N) is 1. The minimum absolute atomic E-state index is 0.0884. The molecule has 1 aromatic rings. The van der Waals surface area contributed by atoms with Gasteiger partial charge in [0, 0.05) is 25.7 Å². The molecule has 0 aliphatic carbocycles. The molecule has 8 heteroatoms. The molecular formula is C13H20F3N5. The highest BCUT2D eigenvalue weighted by atomic mass is 19.4. The molecule has 0 aromatic carbocycles. The number of rotatable bonds is 4. The van der Waals surface area contributed by atoms with Crippen LogP contribution in [0, 0.1) is 5.92 Å². The third-order valence-electron chi connectivity index (χ3n) is 3.57. The molecule has 1 aliphatic rings. The summed E-state index contributed by atoms with van der Waals surface area (Å²) >= 11 is 0. The first-order chi connectivity index (χ1) is 9.90. The summed E-state index contributed by atoms with van der Waals surface area (Å²) in [5.74, 6) is 0.105. The molecule has 1 aliphatic heterocycles. The van der Waals surface area contributed by atoms with Gasteiger partial charge >= 0.3 is 6.18 Å². The fourth-order valence-corrected chi connectivity index (χ4v) is 2.39. The molecule has 3 N–H and O–H groups in total. The van der Waals surface area contributed by atoms with Gasteiger partial charge in [0.05, 0.1) is 5.92 Å². The van der Waals surface area contributed by atoms with Crippen molar-refractivity contribution in [3.05, 3.63) is 6.07 Å². The van der Waals surface area contributed by atoms with Crippen LogP contribution in [0.1, 0.15) is 26.2 Å². The highest BCUT2D eigenvalue weighted by Crippen LogP contribution is 2.35. The van der Waals surface area contributed by atoms with Gasteiger partial charge in [0.15, 0.2) is 0 Å². The number of hydrogen-bond donors (Lipinski definition) is 2. The van der Waals surface area contributed by atoms with Crippen LogP contribution < -0.4 is 16.0 Å². The Balaban J connectivity index is 2.04. The first-order valence-corrected chi connectivity index (χ1v) is 7.10. The van der Waals surface area contributed by atoms with E-state index in [1.54, 1.807) is 6.07 Å². The Hall–Kier alpha value is -1.73. The lowest BCUT2D eigenvalue weighted by molar-refractivity contribution is -0.179. The summed E-state index contributed by atoms with van der Waals surface area (Å²) in [5.41, 5.74) is 5.67. The van der Waals surface area contributed by atoms with Crippen molar-refractivity contribution in [2.75, 3.05) is 35.6 Å². The maximum atomic E-state index is 12.7. The summed E-state index contributed by atoms with van der Waals surface area (Å²) in [7, 11) is 0. The van der Waals surface area contributed by atoms with Crippen molar-refractivity contribution < 1.29 is 13.2 Å². The Morgan fingerprint density at radius 2 is 2.00 bits per heavy atom. The topological polar surface area (TPSA) is 67.1 Å². The van der Waals surface area contributed by atoms with Crippen LogP contribution in [0.25, 0.3) is 0 Å². The fourth-order valence-electron chi connectivity index (χ4n) is 2.39. The molecule has 0 amide bonds. The van der Waals surface area contributed by atoms with E-state index in [9.17, 15) is 13.2 Å². The highest BCUT2D eigenvalue weighted by Gasteiger charge is 2.41. The number of hydrogen-bond acceptors (Lipinski definition) is 5. The zero-order valence-electron chi connectivity index (χ0n) is 12.0. The van der Waals surface area contributed by atoms with E-state index in [-0.39, 0.29) is 18.8 Å². The van der Waals surface area contributed by atoms with Gasteiger partial charge in [-0.3, -0.25) is 0 Å². The fraction of sp³-hybridized carbons (Fsp3) is 0.692. The van der Waals surface area contributed by atoms with Crippen molar-refractivity contribution in [2.45, 2.75) is 32.4 Å². The van der Waals surface area contributed by atoms with Crippen molar-refractivity contribution in [3.8, 4) is 0 Å². The van der Waals surface area contributed by atoms with Crippen LogP contribution >= 0.6 is 0 Å². The minimum atomic E-state index is -4.11. The summed E-state index contributed by atoms with van der Waals surface area (Å²) in [5, 5.41) is 3.11. The summed E-state index contributed by atoms with van der Waals surface area (Å²) < 4.78 is 38.0. The molecule has 0 spiro atoms. The van der Waals surface area contributed by atoms with E-state index in [1.165, 1.54) is 0 Å². The van der Waals surface area contributed by atoms with Crippen LogP contribution in [0.15, 0.2) is 6.07 Å². The Bertz CT molecular complexity index is 469. The number of piperidine rings is 1. The second-order valence-electron chi connectivity index (χ2n) is 5.20. The first-order valence-electron chi connectivity index (χ1n) is 7.10. The van der Waals surface area contributed by atoms with E-state index >= 15 is 0 Å². The van der Waals surface area contributed by atoms with E-state index in [1.807, 2.05) is 11.8 Å². The summed E-state index contributed by atoms with van der Waals surface area (Å²) in [6, 6.07) is 1.74. The second-order valence-corrected chi connectivity index (χ2v) is 5.20. The monoisotopic (exact) mass is 303 g/mol. The average Bonchev–Trinajstić information content (AvgIpc) is 2.44. The third-order valence-corrected chi connectivity index (χ3v) is 3.57. The minimum Gasteiger partial charge on any atom is -0.370 e. The number of nitrogens with zero attached hydrogens (tertiary/aromatic N) is 3. The summed E-state index contributed by atoms with van der Waals surface area (Å²) in [6.45, 7) is 3.44. The van der Waals surface area contributed by atoms with Crippen LogP contribution in [-0.4, -0.2) is 35.8 Å². The predicted molar refractivity (Wildman–Crippen MR) is 76.2 cm³/mol. The molecule has 5 nitrogen and oxygen atoms in total. The van der Waals surface area contributed by atoms with Crippen LogP contribution in [-0.2, 0) is 0 Å². The smallest absolute Gasteiger partial charge is 0.370 e. The van der Waals surface area contributed by atoms with Gasteiger partial charge in [0.25, 0.3) is 0 Å². The Labute approximate surface area is 121 Å². The van der Waals surface area contributed by atoms with Crippen LogP contribution in [0.5, 0.6) is 0 Å². The Morgan fingerprint density at radius 1 is 1.33 bits per heavy atom. The predicted octanol–water partition coefficient (Wildman–Crippen LogP) is 2.66. The van der Waals surface area contributed by atoms with Crippen LogP contribution in [0.2, 0.25) is 0 Å². The van der Waals surface area contributed by atoms with Gasteiger partial charge in [-0.15, -0.1) is 0 Å². The maximum absolute atomic E-state index is 12.7. The molecule has 2 rings (SSSR count). The molecule has 2 heterocycles. The number of nitrogen functional groups attached to an aromatic ring is 1. The molecule has 1 fully saturated rings. The summed E-state index contributed by atoms with van der Waals surface area (Å²) in [6.07, 6.45) is -2.99. The van der Waals surface area contributed by atoms with E-state index in [0.29, 0.717) is 24.7 Å². The van der Waals surface area contributed by atoms with Crippen molar-refractivity contribution in [3.63, 3.8) is 0 Å². The van der Waals surface area contributed by atoms with Crippen molar-refractivity contribution in [1.29, 1.82) is 0 Å². The van der Waals surface area contributed by atoms with Gasteiger partial charge in [-0.2, -0.15) is 23.1 Å². The Kier molecular flexibility index (Phi) is 4.74. The van der Waals surface area contributed by atoms with Crippen LogP contribution in [0.4, 0.5) is 30.8 Å². The second kappa shape index (κ2) is 6.36. The van der Waals surface area contributed by atoms with Crippen molar-refractivity contribution in [2.24, 2.45) is 5.92 Å². The first kappa shape index (κ1) is 15.7. The maximum Gasteiger partial charge on any atom is 0.391 e. The van der Waals surface area contributed by atoms with Gasteiger partial charge in [-0.25, -0.2) is 0 Å². The van der Waals surface area contributed by atoms with Crippen molar-refractivity contribution in [1.82, 2.24) is 9.97 Å². The molecule has 0 saturated carbocycles. The number of aromatic nitrogens is 2. The summed E-state index contributed by atoms with van der Waals surface area (Å²) in [4.78, 5) is 10.0. The quantitative estimate of drug-likeness (QED) is 0.895. The SMILES string of the molecule is CCCNc1cc(N2CCC(C(F)(F)F)CC2)nc(N)n1. The molecule has 0 radical (unpaired) electrons. The number of halogens is 3. The molecule has 118 valence electrons. The number of anilines is 3. The standard InChI is InChI=1S/C13H20F3N5/c1-2-5-18-10-8-11(20-12(17)19-10)21-6-3-9(4-7-21)13(14,15)16/h8-9H,2-7H2,1H3,(H3,17,18,19,20). The van der Waals surface area contributed by atoms with Gasteiger partial charge in [-0.05, 0) is 19.3 Å². The number of alkyl halides is 3. The zero-order chi connectivity index (χ0) is 15.5. The van der Waals surface area contributed by atoms with E-state index in [0.717, 1.165) is 13.0 Å². The Morgan fingerprint density at radius 3 is 2.57 bits per heavy atom. The van der Waals surface area contributed by atoms with E-state index in [2.05, 4.69) is 15.3 Å². The largest absolute Gasteiger partial charge is 0.391 e. The van der Waals surface area contributed by atoms with Gasteiger partial charge in [-0.1, -0.05) is 6.92 Å². The van der Waals surface area contributed by atoms with E-state index in [4.69, 9.17) is 5.73 Å². The normalized spacial score (nSPS) is 17.0. The average molecular weight is 303 g/mol.